The van der Waals surface area contributed by atoms with Crippen LogP contribution >= 0.6 is 0 Å². The number of carbonyl (C=O) groups excluding carboxylic acids is 9. The number of allylic oxidation sites excluding steroid dienone is 4. The van der Waals surface area contributed by atoms with Crippen molar-refractivity contribution in [3.63, 3.8) is 0 Å². The normalized spacial score (nSPS) is 26.3. The number of carbonyl (C=O) groups is 9. The summed E-state index contributed by atoms with van der Waals surface area (Å²) in [4.78, 5) is 126. The van der Waals surface area contributed by atoms with Crippen LogP contribution < -0.4 is 19.6 Å². The minimum Gasteiger partial charge on any atom is -0.289 e. The number of fused-ring (bicyclic) bond motifs is 12. The quantitative estimate of drug-likeness (QED) is 0.0564. The van der Waals surface area contributed by atoms with E-state index in [9.17, 15) is 60.7 Å². The molecule has 2 saturated heterocycles. The summed E-state index contributed by atoms with van der Waals surface area (Å²) in [7, 11) is 0. The van der Waals surface area contributed by atoms with E-state index in [1.54, 1.807) is 97.1 Å². The molecular formula is C61H38F4N4O9. The third-order valence-corrected chi connectivity index (χ3v) is 17.1. The molecule has 0 spiro atoms. The van der Waals surface area contributed by atoms with Gasteiger partial charge in [0.15, 0.2) is 5.78 Å². The summed E-state index contributed by atoms with van der Waals surface area (Å²) >= 11 is 0. The average molecular weight is 1050 g/mol. The number of rotatable bonds is 10. The van der Waals surface area contributed by atoms with Crippen molar-refractivity contribution in [3.05, 3.63) is 213 Å². The van der Waals surface area contributed by atoms with Gasteiger partial charge in [0.05, 0.1) is 92.3 Å². The van der Waals surface area contributed by atoms with Gasteiger partial charge in [0.2, 0.25) is 23.6 Å². The lowest BCUT2D eigenvalue weighted by Gasteiger charge is -2.22. The number of hydrogen-bond donors (Lipinski definition) is 0. The Bertz CT molecular complexity index is 3540. The number of nitrogens with zero attached hydrogens (tertiary/aromatic N) is 4. The highest BCUT2D eigenvalue weighted by Gasteiger charge is 2.73. The lowest BCUT2D eigenvalue weighted by molar-refractivity contribution is -0.128. The van der Waals surface area contributed by atoms with Crippen LogP contribution in [0.15, 0.2) is 158 Å². The molecule has 0 N–H and O–H groups in total. The molecular weight excluding hydrogens is 1010 g/mol. The number of alkyl halides is 4. The zero-order chi connectivity index (χ0) is 54.0. The van der Waals surface area contributed by atoms with Crippen molar-refractivity contribution < 1.29 is 60.7 Å². The van der Waals surface area contributed by atoms with Crippen LogP contribution in [-0.4, -0.2) is 64.9 Å². The van der Waals surface area contributed by atoms with Gasteiger partial charge in [0.25, 0.3) is 35.5 Å². The van der Waals surface area contributed by atoms with E-state index in [2.05, 4.69) is 0 Å². The Morgan fingerprint density at radius 3 is 0.885 bits per heavy atom. The maximum atomic E-state index is 14.7. The Hall–Kier alpha value is -9.25. The Balaban J connectivity index is 0.611. The minimum absolute atomic E-state index is 0.00314. The molecule has 6 aromatic rings. The monoisotopic (exact) mass is 1050 g/mol. The predicted octanol–water partition coefficient (Wildman–Crippen LogP) is 8.81. The van der Waals surface area contributed by atoms with Gasteiger partial charge in [0.1, 0.15) is 0 Å². The van der Waals surface area contributed by atoms with Crippen molar-refractivity contribution in [2.75, 3.05) is 19.6 Å². The van der Waals surface area contributed by atoms with Crippen LogP contribution in [0.2, 0.25) is 0 Å². The summed E-state index contributed by atoms with van der Waals surface area (Å²) in [6.07, 6.45) is 6.20. The molecule has 8 unspecified atom stereocenters. The topological polar surface area (TPSA) is 167 Å². The van der Waals surface area contributed by atoms with Crippen molar-refractivity contribution in [2.24, 2.45) is 47.3 Å². The summed E-state index contributed by atoms with van der Waals surface area (Å²) in [6, 6.07) is 35.1. The van der Waals surface area contributed by atoms with E-state index < -0.39 is 112 Å². The summed E-state index contributed by atoms with van der Waals surface area (Å²) in [6.45, 7) is 0. The van der Waals surface area contributed by atoms with Crippen molar-refractivity contribution in [3.8, 4) is 0 Å². The average Bonchev–Trinajstić information content (AvgIpc) is 4.46. The highest BCUT2D eigenvalue weighted by Crippen LogP contribution is 2.62. The number of anilines is 4. The highest BCUT2D eigenvalue weighted by molar-refractivity contribution is 6.36. The molecule has 4 heterocycles. The van der Waals surface area contributed by atoms with E-state index >= 15 is 0 Å². The second-order valence-electron chi connectivity index (χ2n) is 21.1. The molecule has 4 fully saturated rings. The molecule has 6 aromatic carbocycles. The molecule has 8 aliphatic rings. The molecule has 8 amide bonds. The number of imide groups is 4. The number of benzene rings is 6. The third kappa shape index (κ3) is 6.50. The zero-order valence-electron chi connectivity index (χ0n) is 40.5. The number of ketones is 1. The SMILES string of the molecule is O=C(c1ccc2c(c1)C(=O)N(c1ccc(Cc3ccc(N4C(=O)C5C(C4=O)C4C=CC5C4(F)F)cc3)cc1)C2=O)c1ccc2c(c1)C(=O)N(c1ccc(Cc3ccc(N4C(=O)C5C(C4=O)C4C=CC5C4(F)F)cc3)cc1)C2=O. The third-order valence-electron chi connectivity index (χ3n) is 17.1. The first-order valence-corrected chi connectivity index (χ1v) is 25.3. The molecule has 14 rings (SSSR count). The Labute approximate surface area is 440 Å². The molecule has 0 radical (unpaired) electrons. The number of hydrogen-bond acceptors (Lipinski definition) is 9. The van der Waals surface area contributed by atoms with Gasteiger partial charge in [-0.3, -0.25) is 53.0 Å². The van der Waals surface area contributed by atoms with Crippen molar-refractivity contribution in [1.82, 2.24) is 0 Å². The Kier molecular flexibility index (Phi) is 9.92. The fraction of sp³-hybridized carbons (Fsp3) is 0.197. The van der Waals surface area contributed by atoms with Crippen LogP contribution in [0.1, 0.15) is 79.6 Å². The zero-order valence-corrected chi connectivity index (χ0v) is 40.5. The fourth-order valence-corrected chi connectivity index (χ4v) is 13.2. The lowest BCUT2D eigenvalue weighted by atomic mass is 9.85. The summed E-state index contributed by atoms with van der Waals surface area (Å²) in [5.41, 5.74) is 4.74. The fourth-order valence-electron chi connectivity index (χ4n) is 13.2. The van der Waals surface area contributed by atoms with E-state index in [1.807, 2.05) is 0 Å². The first-order valence-electron chi connectivity index (χ1n) is 25.3. The largest absolute Gasteiger partial charge is 0.289 e. The summed E-state index contributed by atoms with van der Waals surface area (Å²) in [5.74, 6) is -21.3. The lowest BCUT2D eigenvalue weighted by Crippen LogP contribution is -2.37. The van der Waals surface area contributed by atoms with Crippen molar-refractivity contribution in [1.29, 1.82) is 0 Å². The summed E-state index contributed by atoms with van der Waals surface area (Å²) in [5, 5.41) is 0. The van der Waals surface area contributed by atoms with Crippen LogP contribution in [-0.2, 0) is 32.0 Å². The van der Waals surface area contributed by atoms with Gasteiger partial charge < -0.3 is 0 Å². The van der Waals surface area contributed by atoms with Gasteiger partial charge in [0, 0.05) is 11.1 Å². The molecule has 2 saturated carbocycles. The first kappa shape index (κ1) is 47.2. The molecule has 8 atom stereocenters. The van der Waals surface area contributed by atoms with Gasteiger partial charge in [-0.25, -0.2) is 27.4 Å². The second kappa shape index (κ2) is 16.4. The maximum absolute atomic E-state index is 14.7. The smallest absolute Gasteiger partial charge is 0.266 e. The molecule has 384 valence electrons. The highest BCUT2D eigenvalue weighted by atomic mass is 19.3. The molecule has 13 nitrogen and oxygen atoms in total. The molecule has 78 heavy (non-hydrogen) atoms. The molecule has 4 bridgehead atoms. The number of halogens is 4. The van der Waals surface area contributed by atoms with Gasteiger partial charge in [-0.1, -0.05) is 85.0 Å². The van der Waals surface area contributed by atoms with Gasteiger partial charge in [-0.15, -0.1) is 0 Å². The van der Waals surface area contributed by atoms with Gasteiger partial charge in [-0.2, -0.15) is 0 Å². The second-order valence-corrected chi connectivity index (χ2v) is 21.1. The van der Waals surface area contributed by atoms with Crippen LogP contribution in [0.4, 0.5) is 40.3 Å². The van der Waals surface area contributed by atoms with Gasteiger partial charge in [-0.05, 0) is 108 Å². The van der Waals surface area contributed by atoms with Crippen LogP contribution in [0.25, 0.3) is 0 Å². The number of amides is 8. The van der Waals surface area contributed by atoms with Crippen molar-refractivity contribution in [2.45, 2.75) is 24.7 Å². The predicted molar refractivity (Wildman–Crippen MR) is 271 cm³/mol. The van der Waals surface area contributed by atoms with Crippen LogP contribution in [0.5, 0.6) is 0 Å². The molecule has 4 aliphatic heterocycles. The first-order chi connectivity index (χ1) is 37.4. The van der Waals surface area contributed by atoms with E-state index in [1.165, 1.54) is 60.7 Å². The van der Waals surface area contributed by atoms with Crippen LogP contribution in [0.3, 0.4) is 0 Å². The van der Waals surface area contributed by atoms with E-state index in [0.717, 1.165) is 41.9 Å². The maximum Gasteiger partial charge on any atom is 0.266 e. The van der Waals surface area contributed by atoms with Gasteiger partial charge >= 0.3 is 0 Å². The van der Waals surface area contributed by atoms with E-state index in [0.29, 0.717) is 24.2 Å². The Morgan fingerprint density at radius 2 is 0.603 bits per heavy atom. The molecule has 0 aromatic heterocycles. The minimum atomic E-state index is -3.12. The molecule has 17 heteroatoms. The van der Waals surface area contributed by atoms with E-state index in [-0.39, 0.29) is 44.8 Å². The van der Waals surface area contributed by atoms with Crippen molar-refractivity contribution >= 4 is 75.8 Å². The Morgan fingerprint density at radius 1 is 0.346 bits per heavy atom. The molecule has 4 aliphatic carbocycles. The van der Waals surface area contributed by atoms with E-state index in [4.69, 9.17) is 0 Å². The standard InChI is InChI=1S/C61H38F4N4O9/c62-60(63)43-21-22-44(60)48-47(43)56(75)68(57(48)76)37-15-5-31(6-16-37)25-29-1-11-35(12-2-29)66-52(71)39-19-9-33(27-41(39)54(66)73)51(70)34-10-20-40-42(28-34)55(74)67(53(40)72)36-13-3-30(4-14-36)26-32-7-17-38(18-8-32)69-58(77)49-45-23-24-46(61(45,64)65)50(49)59(69)78/h1-24,27-28,43-50H,25-26H2. The van der Waals surface area contributed by atoms with Crippen LogP contribution in [0, 0.1) is 47.3 Å². The summed E-state index contributed by atoms with van der Waals surface area (Å²) < 4.78 is 58.8.